The van der Waals surface area contributed by atoms with Crippen molar-refractivity contribution in [3.63, 3.8) is 0 Å². The second-order valence-electron chi connectivity index (χ2n) is 10.8. The molecule has 7 nitrogen and oxygen atoms in total. The Morgan fingerprint density at radius 1 is 1.03 bits per heavy atom. The van der Waals surface area contributed by atoms with Gasteiger partial charge in [0, 0.05) is 25.0 Å². The standard InChI is InChI=1S/C30H33FN2O5/c1-30(2,3)29(35)33-12-11-20-7-8-23(18-25(20)27(33)21-5-4-6-22(31)17-21)37-19-24-9-10-26(38-24)28(34)32-13-15-36-16-14-32/h4-10,17-18,27H,11-16,19H2,1-3H3/t27-/m1/s1. The van der Waals surface area contributed by atoms with Crippen LogP contribution in [0.4, 0.5) is 4.39 Å². The lowest BCUT2D eigenvalue weighted by Gasteiger charge is -2.41. The van der Waals surface area contributed by atoms with E-state index in [-0.39, 0.29) is 30.0 Å². The van der Waals surface area contributed by atoms with E-state index in [9.17, 15) is 14.0 Å². The highest BCUT2D eigenvalue weighted by atomic mass is 19.1. The summed E-state index contributed by atoms with van der Waals surface area (Å²) in [5.74, 6) is 0.925. The molecule has 8 heteroatoms. The molecule has 0 radical (unpaired) electrons. The van der Waals surface area contributed by atoms with Gasteiger partial charge in [0.2, 0.25) is 5.91 Å². The van der Waals surface area contributed by atoms with Crippen LogP contribution in [-0.4, -0.2) is 54.5 Å². The van der Waals surface area contributed by atoms with Crippen LogP contribution in [0.2, 0.25) is 0 Å². The van der Waals surface area contributed by atoms with Gasteiger partial charge in [-0.15, -0.1) is 0 Å². The van der Waals surface area contributed by atoms with Crippen LogP contribution in [0.1, 0.15) is 59.8 Å². The summed E-state index contributed by atoms with van der Waals surface area (Å²) in [5.41, 5.74) is 2.16. The molecule has 2 aliphatic heterocycles. The van der Waals surface area contributed by atoms with E-state index in [1.165, 1.54) is 12.1 Å². The van der Waals surface area contributed by atoms with Gasteiger partial charge in [0.25, 0.3) is 5.91 Å². The van der Waals surface area contributed by atoms with Crippen LogP contribution in [-0.2, 0) is 22.6 Å². The van der Waals surface area contributed by atoms with E-state index < -0.39 is 11.5 Å². The van der Waals surface area contributed by atoms with E-state index in [0.717, 1.165) is 16.7 Å². The number of furan rings is 1. The third-order valence-electron chi connectivity index (χ3n) is 6.96. The van der Waals surface area contributed by atoms with E-state index in [4.69, 9.17) is 13.9 Å². The Bertz CT molecular complexity index is 1320. The summed E-state index contributed by atoms with van der Waals surface area (Å²) in [6.07, 6.45) is 0.703. The molecule has 3 heterocycles. The number of amides is 2. The van der Waals surface area contributed by atoms with Crippen molar-refractivity contribution in [2.45, 2.75) is 39.8 Å². The Morgan fingerprint density at radius 3 is 2.55 bits per heavy atom. The number of nitrogens with zero attached hydrogens (tertiary/aromatic N) is 2. The van der Waals surface area contributed by atoms with Crippen molar-refractivity contribution in [3.8, 4) is 5.75 Å². The van der Waals surface area contributed by atoms with Crippen LogP contribution in [0.15, 0.2) is 59.0 Å². The fraction of sp³-hybridized carbons (Fsp3) is 0.400. The van der Waals surface area contributed by atoms with Crippen LogP contribution in [0, 0.1) is 11.2 Å². The number of carbonyl (C=O) groups is 2. The second kappa shape index (κ2) is 10.6. The number of ether oxygens (including phenoxy) is 2. The predicted molar refractivity (Wildman–Crippen MR) is 139 cm³/mol. The zero-order valence-electron chi connectivity index (χ0n) is 22.0. The highest BCUT2D eigenvalue weighted by Crippen LogP contribution is 2.39. The molecule has 1 fully saturated rings. The molecule has 1 atom stereocenters. The topological polar surface area (TPSA) is 72.2 Å². The zero-order chi connectivity index (χ0) is 26.9. The van der Waals surface area contributed by atoms with Crippen LogP contribution in [0.25, 0.3) is 0 Å². The van der Waals surface area contributed by atoms with Gasteiger partial charge in [0.1, 0.15) is 23.9 Å². The highest BCUT2D eigenvalue weighted by molar-refractivity contribution is 5.91. The second-order valence-corrected chi connectivity index (χ2v) is 10.8. The third kappa shape index (κ3) is 5.45. The fourth-order valence-corrected chi connectivity index (χ4v) is 5.02. The number of carbonyl (C=O) groups excluding carboxylic acids is 2. The smallest absolute Gasteiger partial charge is 0.289 e. The number of morpholine rings is 1. The molecule has 200 valence electrons. The van der Waals surface area contributed by atoms with Gasteiger partial charge in [-0.1, -0.05) is 39.0 Å². The van der Waals surface area contributed by atoms with Crippen molar-refractivity contribution in [3.05, 3.63) is 88.6 Å². The van der Waals surface area contributed by atoms with E-state index in [1.807, 2.05) is 49.9 Å². The van der Waals surface area contributed by atoms with E-state index >= 15 is 0 Å². The van der Waals surface area contributed by atoms with Crippen LogP contribution in [0.3, 0.4) is 0 Å². The number of hydrogen-bond donors (Lipinski definition) is 0. The van der Waals surface area contributed by atoms with Gasteiger partial charge in [0.05, 0.1) is 19.3 Å². The molecule has 0 spiro atoms. The minimum atomic E-state index is -0.577. The molecule has 0 saturated carbocycles. The summed E-state index contributed by atoms with van der Waals surface area (Å²) >= 11 is 0. The SMILES string of the molecule is CC(C)(C)C(=O)N1CCc2ccc(OCc3ccc(C(=O)N4CCOCC4)o3)cc2[C@H]1c1cccc(F)c1. The van der Waals surface area contributed by atoms with Crippen molar-refractivity contribution in [2.75, 3.05) is 32.8 Å². The van der Waals surface area contributed by atoms with Gasteiger partial charge in [-0.2, -0.15) is 0 Å². The lowest BCUT2D eigenvalue weighted by molar-refractivity contribution is -0.141. The lowest BCUT2D eigenvalue weighted by Crippen LogP contribution is -2.45. The Labute approximate surface area is 222 Å². The van der Waals surface area contributed by atoms with Crippen LogP contribution >= 0.6 is 0 Å². The Balaban J connectivity index is 1.38. The minimum absolute atomic E-state index is 0.0109. The first-order chi connectivity index (χ1) is 18.2. The van der Waals surface area contributed by atoms with Crippen molar-refractivity contribution < 1.29 is 27.9 Å². The Kier molecular flexibility index (Phi) is 7.25. The molecular formula is C30H33FN2O5. The molecule has 2 amide bonds. The zero-order valence-corrected chi connectivity index (χ0v) is 22.0. The third-order valence-corrected chi connectivity index (χ3v) is 6.96. The molecule has 2 aliphatic rings. The number of halogens is 1. The summed E-state index contributed by atoms with van der Waals surface area (Å²) in [7, 11) is 0. The van der Waals surface area contributed by atoms with Crippen LogP contribution in [0.5, 0.6) is 5.75 Å². The average molecular weight is 521 g/mol. The van der Waals surface area contributed by atoms with E-state index in [2.05, 4.69) is 0 Å². The number of fused-ring (bicyclic) bond motifs is 1. The van der Waals surface area contributed by atoms with Gasteiger partial charge in [0.15, 0.2) is 5.76 Å². The molecule has 0 N–H and O–H groups in total. The first-order valence-corrected chi connectivity index (χ1v) is 13.0. The van der Waals surface area contributed by atoms with Crippen molar-refractivity contribution in [1.29, 1.82) is 0 Å². The quantitative estimate of drug-likeness (QED) is 0.474. The van der Waals surface area contributed by atoms with Crippen LogP contribution < -0.4 is 4.74 Å². The number of benzene rings is 2. The fourth-order valence-electron chi connectivity index (χ4n) is 5.02. The summed E-state index contributed by atoms with van der Waals surface area (Å²) in [4.78, 5) is 29.7. The summed E-state index contributed by atoms with van der Waals surface area (Å²) in [6, 6.07) is 15.2. The van der Waals surface area contributed by atoms with E-state index in [0.29, 0.717) is 50.8 Å². The van der Waals surface area contributed by atoms with Gasteiger partial charge < -0.3 is 23.7 Å². The summed E-state index contributed by atoms with van der Waals surface area (Å²) in [6.45, 7) is 8.52. The van der Waals surface area contributed by atoms with Crippen molar-refractivity contribution in [2.24, 2.45) is 5.41 Å². The molecule has 1 saturated heterocycles. The molecule has 0 aliphatic carbocycles. The number of rotatable bonds is 5. The predicted octanol–water partition coefficient (Wildman–Crippen LogP) is 4.99. The Morgan fingerprint density at radius 2 is 1.82 bits per heavy atom. The van der Waals surface area contributed by atoms with E-state index in [1.54, 1.807) is 23.1 Å². The molecule has 0 unspecified atom stereocenters. The molecule has 3 aromatic rings. The summed E-state index contributed by atoms with van der Waals surface area (Å²) in [5, 5.41) is 0. The largest absolute Gasteiger partial charge is 0.486 e. The monoisotopic (exact) mass is 520 g/mol. The van der Waals surface area contributed by atoms with Gasteiger partial charge in [-0.3, -0.25) is 9.59 Å². The van der Waals surface area contributed by atoms with Crippen molar-refractivity contribution >= 4 is 11.8 Å². The normalized spacial score (nSPS) is 17.7. The maximum Gasteiger partial charge on any atom is 0.289 e. The molecule has 1 aromatic heterocycles. The molecular weight excluding hydrogens is 487 g/mol. The minimum Gasteiger partial charge on any atom is -0.486 e. The maximum atomic E-state index is 14.3. The molecule has 5 rings (SSSR count). The first-order valence-electron chi connectivity index (χ1n) is 13.0. The number of hydrogen-bond acceptors (Lipinski definition) is 5. The van der Waals surface area contributed by atoms with Gasteiger partial charge in [-0.25, -0.2) is 4.39 Å². The maximum absolute atomic E-state index is 14.3. The van der Waals surface area contributed by atoms with Gasteiger partial charge >= 0.3 is 0 Å². The molecule has 0 bridgehead atoms. The lowest BCUT2D eigenvalue weighted by atomic mass is 9.85. The van der Waals surface area contributed by atoms with Crippen molar-refractivity contribution in [1.82, 2.24) is 9.80 Å². The van der Waals surface area contributed by atoms with Gasteiger partial charge in [-0.05, 0) is 59.5 Å². The molecule has 38 heavy (non-hydrogen) atoms. The molecule has 2 aromatic carbocycles. The average Bonchev–Trinajstić information content (AvgIpc) is 3.39. The first kappa shape index (κ1) is 26.0. The highest BCUT2D eigenvalue weighted by Gasteiger charge is 2.37. The summed E-state index contributed by atoms with van der Waals surface area (Å²) < 4.78 is 31.4. The Hall–Kier alpha value is -3.65.